The van der Waals surface area contributed by atoms with Crippen molar-refractivity contribution in [1.82, 2.24) is 5.06 Å². The molecule has 0 fully saturated rings. The van der Waals surface area contributed by atoms with E-state index in [-0.39, 0.29) is 17.1 Å². The molecule has 0 spiro atoms. The van der Waals surface area contributed by atoms with Crippen LogP contribution >= 0.6 is 7.60 Å². The van der Waals surface area contributed by atoms with Crippen LogP contribution in [-0.2, 0) is 13.6 Å². The summed E-state index contributed by atoms with van der Waals surface area (Å²) in [4.78, 5) is 0. The molecule has 0 saturated carbocycles. The standard InChI is InChI=1S/C13H30NO4P/c1-8-17-19(16,18-9-2)11-13(6,7)10-14(15)12(3,4)5/h15H,8-11H2,1-7H3. The summed E-state index contributed by atoms with van der Waals surface area (Å²) >= 11 is 0. The first kappa shape index (κ1) is 19.1. The first-order valence-corrected chi connectivity index (χ1v) is 8.53. The molecule has 0 aromatic rings. The van der Waals surface area contributed by atoms with E-state index < -0.39 is 7.60 Å². The van der Waals surface area contributed by atoms with Gasteiger partial charge in [0.05, 0.1) is 19.4 Å². The summed E-state index contributed by atoms with van der Waals surface area (Å²) in [5.41, 5.74) is -0.722. The SMILES string of the molecule is CCOP(=O)(CC(C)(C)CN(O)C(C)(C)C)OCC. The van der Waals surface area contributed by atoms with E-state index in [4.69, 9.17) is 9.05 Å². The maximum absolute atomic E-state index is 12.5. The number of hydrogen-bond acceptors (Lipinski definition) is 5. The van der Waals surface area contributed by atoms with Crippen molar-refractivity contribution in [3.8, 4) is 0 Å². The molecular weight excluding hydrogens is 265 g/mol. The van der Waals surface area contributed by atoms with Gasteiger partial charge in [0.25, 0.3) is 0 Å². The maximum atomic E-state index is 12.5. The third-order valence-electron chi connectivity index (χ3n) is 2.63. The van der Waals surface area contributed by atoms with Crippen molar-refractivity contribution in [2.24, 2.45) is 5.41 Å². The van der Waals surface area contributed by atoms with Gasteiger partial charge in [-0.3, -0.25) is 4.57 Å². The highest BCUT2D eigenvalue weighted by Crippen LogP contribution is 2.52. The van der Waals surface area contributed by atoms with Crippen molar-refractivity contribution >= 4 is 7.60 Å². The average Bonchev–Trinajstić information content (AvgIpc) is 2.13. The third-order valence-corrected chi connectivity index (χ3v) is 5.17. The smallest absolute Gasteiger partial charge is 0.313 e. The zero-order valence-corrected chi connectivity index (χ0v) is 14.3. The van der Waals surface area contributed by atoms with E-state index in [9.17, 15) is 9.77 Å². The lowest BCUT2D eigenvalue weighted by Crippen LogP contribution is -2.45. The van der Waals surface area contributed by atoms with Gasteiger partial charge in [0.1, 0.15) is 0 Å². The Bertz CT molecular complexity index is 302. The van der Waals surface area contributed by atoms with Gasteiger partial charge in [-0.1, -0.05) is 13.8 Å². The fourth-order valence-corrected chi connectivity index (χ4v) is 3.93. The molecule has 19 heavy (non-hydrogen) atoms. The van der Waals surface area contributed by atoms with Gasteiger partial charge in [-0.15, -0.1) is 0 Å². The Morgan fingerprint density at radius 3 is 1.79 bits per heavy atom. The molecule has 0 amide bonds. The largest absolute Gasteiger partial charge is 0.331 e. The molecule has 0 heterocycles. The van der Waals surface area contributed by atoms with Crippen molar-refractivity contribution < 1.29 is 18.8 Å². The molecule has 0 aliphatic heterocycles. The van der Waals surface area contributed by atoms with Gasteiger partial charge in [-0.25, -0.2) is 0 Å². The molecule has 0 rings (SSSR count). The normalized spacial score (nSPS) is 14.2. The molecule has 116 valence electrons. The van der Waals surface area contributed by atoms with Gasteiger partial charge in [0.15, 0.2) is 0 Å². The molecule has 5 nitrogen and oxygen atoms in total. The Kier molecular flexibility index (Phi) is 7.21. The second-order valence-electron chi connectivity index (χ2n) is 6.50. The minimum absolute atomic E-state index is 0.287. The molecule has 0 aliphatic rings. The van der Waals surface area contributed by atoms with Crippen LogP contribution in [-0.4, -0.2) is 41.7 Å². The van der Waals surface area contributed by atoms with Crippen LogP contribution in [0.15, 0.2) is 0 Å². The summed E-state index contributed by atoms with van der Waals surface area (Å²) in [6, 6.07) is 0. The van der Waals surface area contributed by atoms with Crippen LogP contribution in [0.3, 0.4) is 0 Å². The van der Waals surface area contributed by atoms with Crippen LogP contribution in [0.25, 0.3) is 0 Å². The van der Waals surface area contributed by atoms with E-state index in [1.165, 1.54) is 5.06 Å². The van der Waals surface area contributed by atoms with Gasteiger partial charge in [-0.05, 0) is 40.0 Å². The quantitative estimate of drug-likeness (QED) is 0.545. The molecule has 0 unspecified atom stereocenters. The minimum atomic E-state index is -3.09. The Morgan fingerprint density at radius 2 is 1.47 bits per heavy atom. The summed E-state index contributed by atoms with van der Waals surface area (Å²) in [6.07, 6.45) is 0.287. The molecule has 0 aromatic heterocycles. The number of hydroxylamine groups is 2. The lowest BCUT2D eigenvalue weighted by Gasteiger charge is -2.37. The third kappa shape index (κ3) is 7.42. The molecule has 0 bridgehead atoms. The highest BCUT2D eigenvalue weighted by molar-refractivity contribution is 7.53. The summed E-state index contributed by atoms with van der Waals surface area (Å²) in [5, 5.41) is 11.3. The number of rotatable bonds is 8. The summed E-state index contributed by atoms with van der Waals surface area (Å²) in [6.45, 7) is 14.4. The van der Waals surface area contributed by atoms with Crippen molar-refractivity contribution in [3.05, 3.63) is 0 Å². The van der Waals surface area contributed by atoms with E-state index in [0.29, 0.717) is 19.8 Å². The molecule has 1 N–H and O–H groups in total. The zero-order valence-electron chi connectivity index (χ0n) is 13.4. The molecule has 0 aliphatic carbocycles. The molecule has 0 saturated heterocycles. The van der Waals surface area contributed by atoms with Crippen LogP contribution in [0.4, 0.5) is 0 Å². The van der Waals surface area contributed by atoms with Gasteiger partial charge >= 0.3 is 7.60 Å². The fourth-order valence-electron chi connectivity index (χ4n) is 1.74. The van der Waals surface area contributed by atoms with E-state index in [1.54, 1.807) is 13.8 Å². The molecule has 6 heteroatoms. The van der Waals surface area contributed by atoms with Crippen molar-refractivity contribution in [2.75, 3.05) is 25.9 Å². The maximum Gasteiger partial charge on any atom is 0.331 e. The summed E-state index contributed by atoms with van der Waals surface area (Å²) in [7, 11) is -3.09. The van der Waals surface area contributed by atoms with Crippen LogP contribution in [0, 0.1) is 5.41 Å². The van der Waals surface area contributed by atoms with E-state index in [0.717, 1.165) is 0 Å². The number of hydrogen-bond donors (Lipinski definition) is 1. The summed E-state index contributed by atoms with van der Waals surface area (Å²) in [5.74, 6) is 0. The van der Waals surface area contributed by atoms with Gasteiger partial charge in [-0.2, -0.15) is 5.06 Å². The zero-order chi connectivity index (χ0) is 15.3. The van der Waals surface area contributed by atoms with Crippen molar-refractivity contribution in [3.63, 3.8) is 0 Å². The Balaban J connectivity index is 4.77. The Morgan fingerprint density at radius 1 is 1.05 bits per heavy atom. The lowest BCUT2D eigenvalue weighted by atomic mass is 9.94. The highest BCUT2D eigenvalue weighted by atomic mass is 31.2. The van der Waals surface area contributed by atoms with Gasteiger partial charge < -0.3 is 14.3 Å². The van der Waals surface area contributed by atoms with Gasteiger partial charge in [0.2, 0.25) is 0 Å². The van der Waals surface area contributed by atoms with Crippen molar-refractivity contribution in [1.29, 1.82) is 0 Å². The second kappa shape index (κ2) is 7.19. The first-order valence-electron chi connectivity index (χ1n) is 6.80. The highest BCUT2D eigenvalue weighted by Gasteiger charge is 2.36. The Labute approximate surface area is 117 Å². The predicted octanol–water partition coefficient (Wildman–Crippen LogP) is 3.77. The van der Waals surface area contributed by atoms with E-state index in [1.807, 2.05) is 34.6 Å². The van der Waals surface area contributed by atoms with Gasteiger partial charge in [0, 0.05) is 12.1 Å². The minimum Gasteiger partial charge on any atom is -0.313 e. The first-order chi connectivity index (χ1) is 8.46. The molecule has 0 aromatic carbocycles. The van der Waals surface area contributed by atoms with Crippen LogP contribution < -0.4 is 0 Å². The second-order valence-corrected chi connectivity index (χ2v) is 8.55. The molecule has 0 radical (unpaired) electrons. The van der Waals surface area contributed by atoms with Crippen LogP contribution in [0.5, 0.6) is 0 Å². The lowest BCUT2D eigenvalue weighted by molar-refractivity contribution is -0.171. The summed E-state index contributed by atoms with van der Waals surface area (Å²) < 4.78 is 23.1. The van der Waals surface area contributed by atoms with Crippen LogP contribution in [0.1, 0.15) is 48.5 Å². The predicted molar refractivity (Wildman–Crippen MR) is 77.8 cm³/mol. The molecular formula is C13H30NO4P. The van der Waals surface area contributed by atoms with E-state index in [2.05, 4.69) is 0 Å². The molecule has 0 atom stereocenters. The Hall–Kier alpha value is 0.0700. The fraction of sp³-hybridized carbons (Fsp3) is 1.00. The topological polar surface area (TPSA) is 59.0 Å². The number of nitrogens with zero attached hydrogens (tertiary/aromatic N) is 1. The average molecular weight is 295 g/mol. The monoisotopic (exact) mass is 295 g/mol. The van der Waals surface area contributed by atoms with E-state index >= 15 is 0 Å². The van der Waals surface area contributed by atoms with Crippen molar-refractivity contribution in [2.45, 2.75) is 54.0 Å². The van der Waals surface area contributed by atoms with Crippen LogP contribution in [0.2, 0.25) is 0 Å².